The van der Waals surface area contributed by atoms with Crippen molar-refractivity contribution in [2.45, 2.75) is 39.2 Å². The van der Waals surface area contributed by atoms with E-state index in [0.717, 1.165) is 6.42 Å². The van der Waals surface area contributed by atoms with Crippen LogP contribution in [0.25, 0.3) is 0 Å². The van der Waals surface area contributed by atoms with Gasteiger partial charge in [0.2, 0.25) is 5.91 Å². The first kappa shape index (κ1) is 11.7. The van der Waals surface area contributed by atoms with Crippen molar-refractivity contribution < 1.29 is 9.59 Å². The molecule has 0 heterocycles. The maximum atomic E-state index is 11.4. The van der Waals surface area contributed by atoms with Crippen molar-refractivity contribution in [2.24, 2.45) is 0 Å². The average Bonchev–Trinajstić information content (AvgIpc) is 2.09. The number of Topliss-reactive ketones (excluding diaryl/α,β-unsaturated/α-hetero) is 1. The second kappa shape index (κ2) is 4.43. The van der Waals surface area contributed by atoms with Crippen LogP contribution in [0, 0.1) is 0 Å². The zero-order valence-corrected chi connectivity index (χ0v) is 9.46. The van der Waals surface area contributed by atoms with Gasteiger partial charge >= 0.3 is 0 Å². The Morgan fingerprint density at radius 2 is 2.20 bits per heavy atom. The summed E-state index contributed by atoms with van der Waals surface area (Å²) in [5, 5.41) is 2.86. The van der Waals surface area contributed by atoms with Gasteiger partial charge in [-0.1, -0.05) is 23.8 Å². The Morgan fingerprint density at radius 1 is 1.53 bits per heavy atom. The Balaban J connectivity index is 2.55. The largest absolute Gasteiger partial charge is 0.347 e. The molecule has 1 N–H and O–H groups in total. The molecular formula is C12H17NO2. The van der Waals surface area contributed by atoms with Gasteiger partial charge in [0.1, 0.15) is 5.78 Å². The molecule has 1 unspecified atom stereocenters. The zero-order valence-electron chi connectivity index (χ0n) is 9.46. The molecule has 1 atom stereocenters. The van der Waals surface area contributed by atoms with Gasteiger partial charge in [0.05, 0.1) is 12.0 Å². The standard InChI is InChI=1S/C12H17NO2/c1-9-4-6-12(3,7-5-9)13-11(15)8-10(2)14/h4-6H,7-8H2,1-3H3,(H,13,15). The third kappa shape index (κ3) is 3.70. The van der Waals surface area contributed by atoms with E-state index >= 15 is 0 Å². The van der Waals surface area contributed by atoms with Gasteiger partial charge in [-0.2, -0.15) is 0 Å². The number of amides is 1. The molecule has 0 fully saturated rings. The molecule has 0 aromatic heterocycles. The lowest BCUT2D eigenvalue weighted by molar-refractivity contribution is -0.128. The first-order valence-corrected chi connectivity index (χ1v) is 5.08. The molecule has 0 spiro atoms. The van der Waals surface area contributed by atoms with Gasteiger partial charge in [0.25, 0.3) is 0 Å². The molecule has 0 aromatic carbocycles. The van der Waals surface area contributed by atoms with Crippen LogP contribution in [0.5, 0.6) is 0 Å². The van der Waals surface area contributed by atoms with Crippen LogP contribution in [0.15, 0.2) is 23.8 Å². The van der Waals surface area contributed by atoms with Gasteiger partial charge in [-0.05, 0) is 27.2 Å². The summed E-state index contributed by atoms with van der Waals surface area (Å²) in [7, 11) is 0. The molecule has 1 rings (SSSR count). The highest BCUT2D eigenvalue weighted by atomic mass is 16.2. The third-order valence-electron chi connectivity index (χ3n) is 2.40. The fraction of sp³-hybridized carbons (Fsp3) is 0.500. The highest BCUT2D eigenvalue weighted by molar-refractivity contribution is 5.97. The van der Waals surface area contributed by atoms with Crippen molar-refractivity contribution >= 4 is 11.7 Å². The SMILES string of the molecule is CC(=O)CC(=O)NC1(C)C=CC(C)=CC1. The van der Waals surface area contributed by atoms with Gasteiger partial charge in [0, 0.05) is 0 Å². The number of carbonyl (C=O) groups excluding carboxylic acids is 2. The number of carbonyl (C=O) groups is 2. The van der Waals surface area contributed by atoms with E-state index in [-0.39, 0.29) is 23.7 Å². The highest BCUT2D eigenvalue weighted by Crippen LogP contribution is 2.20. The van der Waals surface area contributed by atoms with E-state index in [2.05, 4.69) is 11.4 Å². The van der Waals surface area contributed by atoms with E-state index in [1.807, 2.05) is 26.0 Å². The van der Waals surface area contributed by atoms with E-state index in [4.69, 9.17) is 0 Å². The Hall–Kier alpha value is -1.38. The molecule has 1 amide bonds. The number of ketones is 1. The van der Waals surface area contributed by atoms with E-state index in [1.165, 1.54) is 12.5 Å². The number of allylic oxidation sites excluding steroid dienone is 2. The summed E-state index contributed by atoms with van der Waals surface area (Å²) in [4.78, 5) is 22.2. The molecule has 0 saturated heterocycles. The minimum atomic E-state index is -0.341. The fourth-order valence-electron chi connectivity index (χ4n) is 1.51. The summed E-state index contributed by atoms with van der Waals surface area (Å²) in [6.45, 7) is 5.39. The lowest BCUT2D eigenvalue weighted by Gasteiger charge is -2.28. The first-order valence-electron chi connectivity index (χ1n) is 5.08. The summed E-state index contributed by atoms with van der Waals surface area (Å²) < 4.78 is 0. The van der Waals surface area contributed by atoms with Crippen LogP contribution >= 0.6 is 0 Å². The van der Waals surface area contributed by atoms with Gasteiger partial charge in [-0.15, -0.1) is 0 Å². The van der Waals surface area contributed by atoms with Crippen molar-refractivity contribution in [1.82, 2.24) is 5.32 Å². The molecule has 1 aliphatic rings. The van der Waals surface area contributed by atoms with Crippen LogP contribution in [-0.4, -0.2) is 17.2 Å². The molecule has 15 heavy (non-hydrogen) atoms. The van der Waals surface area contributed by atoms with Crippen LogP contribution in [0.2, 0.25) is 0 Å². The molecular weight excluding hydrogens is 190 g/mol. The van der Waals surface area contributed by atoms with E-state index < -0.39 is 0 Å². The third-order valence-corrected chi connectivity index (χ3v) is 2.40. The van der Waals surface area contributed by atoms with Crippen molar-refractivity contribution in [2.75, 3.05) is 0 Å². The summed E-state index contributed by atoms with van der Waals surface area (Å²) in [6, 6.07) is 0. The Morgan fingerprint density at radius 3 is 2.67 bits per heavy atom. The topological polar surface area (TPSA) is 46.2 Å². The van der Waals surface area contributed by atoms with Crippen molar-refractivity contribution in [3.63, 3.8) is 0 Å². The summed E-state index contributed by atoms with van der Waals surface area (Å²) in [5.74, 6) is -0.315. The molecule has 1 aliphatic carbocycles. The maximum Gasteiger partial charge on any atom is 0.228 e. The molecule has 0 aliphatic heterocycles. The quantitative estimate of drug-likeness (QED) is 0.716. The zero-order chi connectivity index (χ0) is 11.5. The van der Waals surface area contributed by atoms with Crippen LogP contribution in [-0.2, 0) is 9.59 Å². The Bertz CT molecular complexity index is 342. The minimum Gasteiger partial charge on any atom is -0.347 e. The van der Waals surface area contributed by atoms with Crippen LogP contribution in [0.1, 0.15) is 33.6 Å². The van der Waals surface area contributed by atoms with Gasteiger partial charge in [-0.3, -0.25) is 9.59 Å². The van der Waals surface area contributed by atoms with Crippen LogP contribution in [0.4, 0.5) is 0 Å². The fourth-order valence-corrected chi connectivity index (χ4v) is 1.51. The Kier molecular flexibility index (Phi) is 3.45. The van der Waals surface area contributed by atoms with Crippen molar-refractivity contribution in [3.05, 3.63) is 23.8 Å². The van der Waals surface area contributed by atoms with E-state index in [1.54, 1.807) is 0 Å². The predicted octanol–water partition coefficient (Wildman–Crippen LogP) is 1.75. The number of hydrogen-bond acceptors (Lipinski definition) is 2. The van der Waals surface area contributed by atoms with Gasteiger partial charge in [-0.25, -0.2) is 0 Å². The predicted molar refractivity (Wildman–Crippen MR) is 59.4 cm³/mol. The van der Waals surface area contributed by atoms with Crippen LogP contribution in [0.3, 0.4) is 0 Å². The van der Waals surface area contributed by atoms with E-state index in [9.17, 15) is 9.59 Å². The second-order valence-electron chi connectivity index (χ2n) is 4.33. The Labute approximate surface area is 90.2 Å². The molecule has 0 aromatic rings. The monoisotopic (exact) mass is 207 g/mol. The van der Waals surface area contributed by atoms with E-state index in [0.29, 0.717) is 0 Å². The van der Waals surface area contributed by atoms with Crippen molar-refractivity contribution in [3.8, 4) is 0 Å². The summed E-state index contributed by atoms with van der Waals surface area (Å²) in [6.07, 6.45) is 6.77. The molecule has 3 heteroatoms. The number of nitrogens with one attached hydrogen (secondary N) is 1. The second-order valence-corrected chi connectivity index (χ2v) is 4.33. The van der Waals surface area contributed by atoms with Crippen LogP contribution < -0.4 is 5.32 Å². The molecule has 0 radical (unpaired) electrons. The lowest BCUT2D eigenvalue weighted by atomic mass is 9.91. The van der Waals surface area contributed by atoms with Gasteiger partial charge < -0.3 is 5.32 Å². The van der Waals surface area contributed by atoms with Crippen molar-refractivity contribution in [1.29, 1.82) is 0 Å². The number of hydrogen-bond donors (Lipinski definition) is 1. The molecule has 3 nitrogen and oxygen atoms in total. The smallest absolute Gasteiger partial charge is 0.228 e. The molecule has 0 saturated carbocycles. The summed E-state index contributed by atoms with van der Waals surface area (Å²) >= 11 is 0. The lowest BCUT2D eigenvalue weighted by Crippen LogP contribution is -2.45. The first-order chi connectivity index (χ1) is 6.91. The highest BCUT2D eigenvalue weighted by Gasteiger charge is 2.24. The normalized spacial score (nSPS) is 24.6. The summed E-state index contributed by atoms with van der Waals surface area (Å²) in [5.41, 5.74) is 0.861. The minimum absolute atomic E-state index is 0.0356. The number of rotatable bonds is 3. The molecule has 82 valence electrons. The maximum absolute atomic E-state index is 11.4. The average molecular weight is 207 g/mol. The van der Waals surface area contributed by atoms with Gasteiger partial charge in [0.15, 0.2) is 0 Å². The molecule has 0 bridgehead atoms.